The van der Waals surface area contributed by atoms with Gasteiger partial charge in [-0.05, 0) is 49.2 Å². The number of nitrogens with zero attached hydrogens (tertiary/aromatic N) is 1. The number of amides is 2. The Morgan fingerprint density at radius 3 is 2.45 bits per heavy atom. The number of likely N-dealkylation sites (N-methyl/N-ethyl adjacent to an activating group) is 1. The molecule has 0 aromatic heterocycles. The van der Waals surface area contributed by atoms with Gasteiger partial charge in [-0.1, -0.05) is 23.2 Å². The summed E-state index contributed by atoms with van der Waals surface area (Å²) in [5.41, 5.74) is -1.66. The van der Waals surface area contributed by atoms with E-state index in [0.29, 0.717) is 18.9 Å². The first-order valence-corrected chi connectivity index (χ1v) is 11.8. The average Bonchev–Trinajstić information content (AvgIpc) is 3.22. The predicted molar refractivity (Wildman–Crippen MR) is 117 cm³/mol. The number of benzene rings is 2. The van der Waals surface area contributed by atoms with Crippen LogP contribution in [-0.4, -0.2) is 44.8 Å². The van der Waals surface area contributed by atoms with Gasteiger partial charge < -0.3 is 10.2 Å². The SMILES string of the molecule is CNC(=O)C1CCCN1C(=O)c1ccc(Cl)cc1NS(=O)(=O)c1ccc(Cl)c(C(F)(F)F)c1. The Balaban J connectivity index is 1.99. The molecule has 1 atom stereocenters. The molecule has 33 heavy (non-hydrogen) atoms. The minimum Gasteiger partial charge on any atom is -0.357 e. The van der Waals surface area contributed by atoms with Crippen LogP contribution in [0.2, 0.25) is 10.0 Å². The Hall–Kier alpha value is -2.50. The van der Waals surface area contributed by atoms with E-state index in [0.717, 1.165) is 18.2 Å². The van der Waals surface area contributed by atoms with Crippen LogP contribution in [0, 0.1) is 0 Å². The summed E-state index contributed by atoms with van der Waals surface area (Å²) < 4.78 is 67.4. The zero-order chi connectivity index (χ0) is 24.6. The van der Waals surface area contributed by atoms with Crippen molar-refractivity contribution in [2.75, 3.05) is 18.3 Å². The van der Waals surface area contributed by atoms with E-state index in [1.54, 1.807) is 0 Å². The lowest BCUT2D eigenvalue weighted by atomic mass is 10.1. The lowest BCUT2D eigenvalue weighted by Crippen LogP contribution is -2.45. The van der Waals surface area contributed by atoms with Crippen LogP contribution in [0.5, 0.6) is 0 Å². The molecular formula is C20H18Cl2F3N3O4S. The highest BCUT2D eigenvalue weighted by Gasteiger charge is 2.36. The lowest BCUT2D eigenvalue weighted by molar-refractivity contribution is -0.137. The van der Waals surface area contributed by atoms with Gasteiger partial charge in [0.05, 0.1) is 26.7 Å². The maximum absolute atomic E-state index is 13.2. The monoisotopic (exact) mass is 523 g/mol. The smallest absolute Gasteiger partial charge is 0.357 e. The third kappa shape index (κ3) is 5.36. The third-order valence-corrected chi connectivity index (χ3v) is 7.00. The van der Waals surface area contributed by atoms with Gasteiger partial charge in [-0.2, -0.15) is 13.2 Å². The van der Waals surface area contributed by atoms with E-state index >= 15 is 0 Å². The molecule has 0 aliphatic carbocycles. The molecule has 0 saturated carbocycles. The van der Waals surface area contributed by atoms with Gasteiger partial charge in [-0.3, -0.25) is 14.3 Å². The van der Waals surface area contributed by atoms with Crippen LogP contribution < -0.4 is 10.0 Å². The molecule has 1 saturated heterocycles. The van der Waals surface area contributed by atoms with Crippen molar-refractivity contribution in [1.29, 1.82) is 0 Å². The fraction of sp³-hybridized carbons (Fsp3) is 0.300. The minimum absolute atomic E-state index is 0.0839. The zero-order valence-corrected chi connectivity index (χ0v) is 19.4. The maximum Gasteiger partial charge on any atom is 0.417 e. The molecule has 1 unspecified atom stereocenters. The zero-order valence-electron chi connectivity index (χ0n) is 17.0. The van der Waals surface area contributed by atoms with E-state index in [1.165, 1.54) is 24.1 Å². The Morgan fingerprint density at radius 2 is 1.82 bits per heavy atom. The third-order valence-electron chi connectivity index (χ3n) is 5.07. The number of hydrogen-bond donors (Lipinski definition) is 2. The quantitative estimate of drug-likeness (QED) is 0.614. The van der Waals surface area contributed by atoms with E-state index in [9.17, 15) is 31.2 Å². The molecule has 0 bridgehead atoms. The topological polar surface area (TPSA) is 95.6 Å². The molecule has 1 fully saturated rings. The van der Waals surface area contributed by atoms with Gasteiger partial charge in [0.1, 0.15) is 6.04 Å². The highest BCUT2D eigenvalue weighted by Crippen LogP contribution is 2.36. The standard InChI is InChI=1S/C20H18Cl2F3N3O4S/c1-26-18(29)17-3-2-8-28(17)19(30)13-6-4-11(21)9-16(13)27-33(31,32)12-5-7-15(22)14(10-12)20(23,24)25/h4-7,9-10,17,27H,2-3,8H2,1H3,(H,26,29). The Bertz CT molecular complexity index is 1210. The summed E-state index contributed by atoms with van der Waals surface area (Å²) in [7, 11) is -3.12. The summed E-state index contributed by atoms with van der Waals surface area (Å²) in [6.07, 6.45) is -3.86. The Morgan fingerprint density at radius 1 is 1.12 bits per heavy atom. The van der Waals surface area contributed by atoms with E-state index in [4.69, 9.17) is 23.2 Å². The number of alkyl halides is 3. The van der Waals surface area contributed by atoms with Gasteiger partial charge in [-0.15, -0.1) is 0 Å². The van der Waals surface area contributed by atoms with E-state index < -0.39 is 43.6 Å². The average molecular weight is 524 g/mol. The summed E-state index contributed by atoms with van der Waals surface area (Å²) in [5.74, 6) is -0.986. The number of halogens is 5. The van der Waals surface area contributed by atoms with Gasteiger partial charge in [0, 0.05) is 18.6 Å². The highest BCUT2D eigenvalue weighted by atomic mass is 35.5. The fourth-order valence-electron chi connectivity index (χ4n) is 3.48. The first kappa shape index (κ1) is 25.1. The van der Waals surface area contributed by atoms with Crippen molar-refractivity contribution in [1.82, 2.24) is 10.2 Å². The molecule has 2 amide bonds. The van der Waals surface area contributed by atoms with Gasteiger partial charge >= 0.3 is 6.18 Å². The van der Waals surface area contributed by atoms with Crippen molar-refractivity contribution < 1.29 is 31.2 Å². The molecule has 7 nitrogen and oxygen atoms in total. The van der Waals surface area contributed by atoms with Crippen molar-refractivity contribution in [3.63, 3.8) is 0 Å². The normalized spacial score (nSPS) is 16.5. The van der Waals surface area contributed by atoms with Crippen LogP contribution in [-0.2, 0) is 21.0 Å². The number of carbonyl (C=O) groups is 2. The molecule has 2 N–H and O–H groups in total. The highest BCUT2D eigenvalue weighted by molar-refractivity contribution is 7.92. The number of sulfonamides is 1. The second kappa shape index (κ2) is 9.40. The molecule has 1 aliphatic heterocycles. The van der Waals surface area contributed by atoms with E-state index in [2.05, 4.69) is 10.0 Å². The first-order chi connectivity index (χ1) is 15.3. The van der Waals surface area contributed by atoms with Crippen LogP contribution >= 0.6 is 23.2 Å². The lowest BCUT2D eigenvalue weighted by Gasteiger charge is -2.24. The summed E-state index contributed by atoms with van der Waals surface area (Å²) in [4.78, 5) is 25.9. The van der Waals surface area contributed by atoms with Crippen molar-refractivity contribution in [2.45, 2.75) is 30.0 Å². The molecular weight excluding hydrogens is 506 g/mol. The Kier molecular flexibility index (Phi) is 7.15. The number of anilines is 1. The van der Waals surface area contributed by atoms with Crippen molar-refractivity contribution in [2.24, 2.45) is 0 Å². The van der Waals surface area contributed by atoms with Gasteiger partial charge in [0.25, 0.3) is 15.9 Å². The van der Waals surface area contributed by atoms with E-state index in [-0.39, 0.29) is 28.7 Å². The van der Waals surface area contributed by atoms with Crippen LogP contribution in [0.3, 0.4) is 0 Å². The molecule has 13 heteroatoms. The summed E-state index contributed by atoms with van der Waals surface area (Å²) >= 11 is 11.5. The number of hydrogen-bond acceptors (Lipinski definition) is 4. The minimum atomic E-state index is -4.87. The van der Waals surface area contributed by atoms with Gasteiger partial charge in [0.15, 0.2) is 0 Å². The first-order valence-electron chi connectivity index (χ1n) is 9.57. The second-order valence-corrected chi connectivity index (χ2v) is 9.73. The van der Waals surface area contributed by atoms with Crippen LogP contribution in [0.15, 0.2) is 41.3 Å². The molecule has 2 aromatic rings. The maximum atomic E-state index is 13.2. The van der Waals surface area contributed by atoms with Crippen LogP contribution in [0.1, 0.15) is 28.8 Å². The summed E-state index contributed by atoms with van der Waals surface area (Å²) in [6.45, 7) is 0.276. The number of nitrogens with one attached hydrogen (secondary N) is 2. The molecule has 2 aromatic carbocycles. The predicted octanol–water partition coefficient (Wildman–Crippen LogP) is 4.16. The van der Waals surface area contributed by atoms with Crippen LogP contribution in [0.4, 0.5) is 18.9 Å². The molecule has 1 aliphatic rings. The van der Waals surface area contributed by atoms with Crippen molar-refractivity contribution in [3.8, 4) is 0 Å². The van der Waals surface area contributed by atoms with Crippen molar-refractivity contribution in [3.05, 3.63) is 57.6 Å². The second-order valence-electron chi connectivity index (χ2n) is 7.21. The molecule has 178 valence electrons. The molecule has 0 radical (unpaired) electrons. The van der Waals surface area contributed by atoms with E-state index in [1.807, 2.05) is 0 Å². The number of likely N-dealkylation sites (tertiary alicyclic amines) is 1. The largest absolute Gasteiger partial charge is 0.417 e. The Labute approximate surface area is 197 Å². The molecule has 0 spiro atoms. The van der Waals surface area contributed by atoms with Gasteiger partial charge in [-0.25, -0.2) is 8.42 Å². The molecule has 1 heterocycles. The van der Waals surface area contributed by atoms with Crippen LogP contribution in [0.25, 0.3) is 0 Å². The summed E-state index contributed by atoms with van der Waals surface area (Å²) in [6, 6.07) is 5.21. The number of rotatable bonds is 5. The number of carbonyl (C=O) groups excluding carboxylic acids is 2. The van der Waals surface area contributed by atoms with Gasteiger partial charge in [0.2, 0.25) is 5.91 Å². The molecule has 3 rings (SSSR count). The fourth-order valence-corrected chi connectivity index (χ4v) is 4.98. The summed E-state index contributed by atoms with van der Waals surface area (Å²) in [5, 5.41) is 1.91. The van der Waals surface area contributed by atoms with Crippen molar-refractivity contribution >= 4 is 50.7 Å².